The quantitative estimate of drug-likeness (QED) is 0.409. The van der Waals surface area contributed by atoms with Crippen molar-refractivity contribution in [2.24, 2.45) is 0 Å². The van der Waals surface area contributed by atoms with E-state index in [0.717, 1.165) is 17.4 Å². The Labute approximate surface area is 176 Å². The molecule has 0 aliphatic heterocycles. The van der Waals surface area contributed by atoms with Crippen molar-refractivity contribution in [3.63, 3.8) is 0 Å². The molecule has 14 heteroatoms. The smallest absolute Gasteiger partial charge is 0.298 e. The number of hydrogen-bond donors (Lipinski definition) is 1. The Morgan fingerprint density at radius 1 is 1.03 bits per heavy atom. The molecule has 5 nitrogen and oxygen atoms in total. The van der Waals surface area contributed by atoms with E-state index >= 15 is 0 Å². The Kier molecular flexibility index (Phi) is 6.69. The fourth-order valence-corrected chi connectivity index (χ4v) is 4.50. The maximum Gasteiger partial charge on any atom is 0.416 e. The van der Waals surface area contributed by atoms with Crippen LogP contribution in [0.1, 0.15) is 25.0 Å². The molecular weight excluding hydrogens is 482 g/mol. The summed E-state index contributed by atoms with van der Waals surface area (Å²) in [6, 6.07) is 0.291. The molecule has 2 amide bonds. The van der Waals surface area contributed by atoms with Crippen LogP contribution in [0.2, 0.25) is 0 Å². The van der Waals surface area contributed by atoms with Crippen LogP contribution in [0.25, 0.3) is 0 Å². The molecule has 0 bridgehead atoms. The van der Waals surface area contributed by atoms with E-state index in [0.29, 0.717) is 0 Å². The molecule has 0 saturated carbocycles. The lowest BCUT2D eigenvalue weighted by atomic mass is 10.1. The van der Waals surface area contributed by atoms with Crippen LogP contribution in [-0.2, 0) is 22.2 Å². The number of sulfone groups is 1. The van der Waals surface area contributed by atoms with E-state index in [9.17, 15) is 39.6 Å². The van der Waals surface area contributed by atoms with Crippen molar-refractivity contribution in [1.82, 2.24) is 0 Å². The summed E-state index contributed by atoms with van der Waals surface area (Å²) >= 11 is 6.46. The Hall–Kier alpha value is -1.99. The summed E-state index contributed by atoms with van der Waals surface area (Å²) in [6.07, 6.45) is -10.2. The van der Waals surface area contributed by atoms with Gasteiger partial charge in [0.25, 0.3) is 0 Å². The summed E-state index contributed by atoms with van der Waals surface area (Å²) in [7, 11) is -3.65. The van der Waals surface area contributed by atoms with Gasteiger partial charge in [-0.1, -0.05) is 0 Å². The lowest BCUT2D eigenvalue weighted by Crippen LogP contribution is -2.27. The molecule has 0 atom stereocenters. The molecule has 2 aromatic rings. The molecule has 0 saturated heterocycles. The van der Waals surface area contributed by atoms with Gasteiger partial charge in [-0.05, 0) is 38.1 Å². The van der Waals surface area contributed by atoms with Crippen LogP contribution in [-0.4, -0.2) is 19.7 Å². The van der Waals surface area contributed by atoms with Gasteiger partial charge in [-0.25, -0.2) is 17.6 Å². The van der Waals surface area contributed by atoms with Gasteiger partial charge in [-0.3, -0.25) is 5.32 Å². The van der Waals surface area contributed by atoms with Crippen molar-refractivity contribution in [2.75, 3.05) is 9.74 Å². The van der Waals surface area contributed by atoms with Gasteiger partial charge in [0, 0.05) is 17.2 Å². The van der Waals surface area contributed by atoms with E-state index in [2.05, 4.69) is 5.32 Å². The Morgan fingerprint density at radius 2 is 1.53 bits per heavy atom. The van der Waals surface area contributed by atoms with E-state index in [1.807, 2.05) is 0 Å². The van der Waals surface area contributed by atoms with Gasteiger partial charge in [0.2, 0.25) is 0 Å². The third kappa shape index (κ3) is 5.38. The number of halogens is 7. The minimum atomic E-state index is -5.11. The van der Waals surface area contributed by atoms with Crippen molar-refractivity contribution < 1.29 is 39.6 Å². The summed E-state index contributed by atoms with van der Waals surface area (Å²) in [5.74, 6) is 0. The standard InChI is InChI=1S/C16H13ClF6N2O3S2/c1-8(2)30(27,28)12-6-13(29-7-12)24-14(26)25(17)11-4-9(15(18,19)20)3-10(5-11)16(21,22)23/h3-8H,1-2H3,(H,24,26). The first-order chi connectivity index (χ1) is 13.5. The highest BCUT2D eigenvalue weighted by molar-refractivity contribution is 7.92. The molecule has 1 aromatic carbocycles. The van der Waals surface area contributed by atoms with E-state index in [1.165, 1.54) is 19.2 Å². The fourth-order valence-electron chi connectivity index (χ4n) is 2.13. The molecule has 0 unspecified atom stereocenters. The predicted molar refractivity (Wildman–Crippen MR) is 100 cm³/mol. The number of amides is 2. The third-order valence-corrected chi connectivity index (χ3v) is 7.21. The molecule has 1 N–H and O–H groups in total. The molecular formula is C16H13ClF6N2O3S2. The van der Waals surface area contributed by atoms with Crippen molar-refractivity contribution in [2.45, 2.75) is 36.3 Å². The fraction of sp³-hybridized carbons (Fsp3) is 0.312. The van der Waals surface area contributed by atoms with Crippen molar-refractivity contribution in [3.8, 4) is 0 Å². The lowest BCUT2D eigenvalue weighted by molar-refractivity contribution is -0.143. The number of nitrogens with zero attached hydrogens (tertiary/aromatic N) is 1. The second kappa shape index (κ2) is 8.27. The Balaban J connectivity index is 2.33. The monoisotopic (exact) mass is 494 g/mol. The molecule has 0 fully saturated rings. The molecule has 0 aliphatic rings. The van der Waals surface area contributed by atoms with Crippen molar-refractivity contribution >= 4 is 49.7 Å². The summed E-state index contributed by atoms with van der Waals surface area (Å²) < 4.78 is 102. The number of nitrogens with one attached hydrogen (secondary N) is 1. The second-order valence-corrected chi connectivity index (χ2v) is 9.97. The number of hydrogen-bond acceptors (Lipinski definition) is 4. The van der Waals surface area contributed by atoms with Crippen LogP contribution < -0.4 is 9.74 Å². The number of carbonyl (C=O) groups excluding carboxylic acids is 1. The highest BCUT2D eigenvalue weighted by atomic mass is 35.5. The first-order valence-electron chi connectivity index (χ1n) is 7.92. The van der Waals surface area contributed by atoms with Crippen LogP contribution in [0, 0.1) is 0 Å². The predicted octanol–water partition coefficient (Wildman–Crippen LogP) is 6.16. The number of thiophene rings is 1. The van der Waals surface area contributed by atoms with Crippen LogP contribution in [0.4, 0.5) is 41.8 Å². The Morgan fingerprint density at radius 3 is 1.97 bits per heavy atom. The molecule has 30 heavy (non-hydrogen) atoms. The van der Waals surface area contributed by atoms with Crippen LogP contribution in [0.15, 0.2) is 34.5 Å². The van der Waals surface area contributed by atoms with Gasteiger partial charge >= 0.3 is 18.4 Å². The topological polar surface area (TPSA) is 66.5 Å². The summed E-state index contributed by atoms with van der Waals surface area (Å²) in [4.78, 5) is 12.1. The van der Waals surface area contributed by atoms with Crippen molar-refractivity contribution in [3.05, 3.63) is 40.8 Å². The van der Waals surface area contributed by atoms with E-state index in [-0.39, 0.29) is 32.5 Å². The van der Waals surface area contributed by atoms with E-state index in [1.54, 1.807) is 0 Å². The highest BCUT2D eigenvalue weighted by Crippen LogP contribution is 2.39. The zero-order chi connectivity index (χ0) is 23.1. The zero-order valence-corrected chi connectivity index (χ0v) is 17.5. The molecule has 1 heterocycles. The summed E-state index contributed by atoms with van der Waals surface area (Å²) in [5, 5.41) is 2.60. The van der Waals surface area contributed by atoms with E-state index in [4.69, 9.17) is 11.8 Å². The van der Waals surface area contributed by atoms with Gasteiger partial charge in [0.15, 0.2) is 9.84 Å². The van der Waals surface area contributed by atoms with Crippen LogP contribution in [0.5, 0.6) is 0 Å². The van der Waals surface area contributed by atoms with Gasteiger partial charge in [0.05, 0.1) is 32.0 Å². The number of rotatable bonds is 4. The second-order valence-electron chi connectivity index (χ2n) is 6.22. The molecule has 0 spiro atoms. The maximum atomic E-state index is 12.9. The largest absolute Gasteiger partial charge is 0.416 e. The van der Waals surface area contributed by atoms with Gasteiger partial charge in [-0.15, -0.1) is 11.3 Å². The van der Waals surface area contributed by atoms with Crippen LogP contribution in [0.3, 0.4) is 0 Å². The normalized spacial score (nSPS) is 12.9. The lowest BCUT2D eigenvalue weighted by Gasteiger charge is -2.18. The maximum absolute atomic E-state index is 12.9. The molecule has 0 radical (unpaired) electrons. The minimum Gasteiger partial charge on any atom is -0.298 e. The first kappa shape index (κ1) is 24.3. The number of benzene rings is 1. The SMILES string of the molecule is CC(C)S(=O)(=O)c1csc(NC(=O)N(Cl)c2cc(C(F)(F)F)cc(C(F)(F)F)c2)c1. The van der Waals surface area contributed by atoms with E-state index < -0.39 is 50.3 Å². The van der Waals surface area contributed by atoms with Gasteiger partial charge in [0.1, 0.15) is 0 Å². The van der Waals surface area contributed by atoms with Crippen molar-refractivity contribution in [1.29, 1.82) is 0 Å². The Bertz CT molecular complexity index is 1020. The number of carbonyl (C=O) groups is 1. The molecule has 166 valence electrons. The zero-order valence-electron chi connectivity index (χ0n) is 15.1. The number of alkyl halides is 6. The van der Waals surface area contributed by atoms with Gasteiger partial charge in [-0.2, -0.15) is 26.3 Å². The molecule has 1 aromatic heterocycles. The first-order valence-corrected chi connectivity index (χ1v) is 10.7. The molecule has 2 rings (SSSR count). The van der Waals surface area contributed by atoms with Crippen LogP contribution >= 0.6 is 23.1 Å². The summed E-state index contributed by atoms with van der Waals surface area (Å²) in [6.45, 7) is 2.88. The average Bonchev–Trinajstić information content (AvgIpc) is 3.08. The minimum absolute atomic E-state index is 0.0205. The average molecular weight is 495 g/mol. The highest BCUT2D eigenvalue weighted by Gasteiger charge is 2.38. The van der Waals surface area contributed by atoms with Gasteiger partial charge < -0.3 is 0 Å². The third-order valence-electron chi connectivity index (χ3n) is 3.73. The summed E-state index contributed by atoms with van der Waals surface area (Å²) in [5.41, 5.74) is -4.16. The molecule has 0 aliphatic carbocycles. The number of anilines is 2. The number of urea groups is 1.